The van der Waals surface area contributed by atoms with Crippen molar-refractivity contribution in [2.45, 2.75) is 31.5 Å². The average molecular weight is 407 g/mol. The van der Waals surface area contributed by atoms with Crippen LogP contribution in [0.2, 0.25) is 0 Å². The molecule has 3 aromatic rings. The molecule has 2 aromatic carbocycles. The van der Waals surface area contributed by atoms with Crippen molar-refractivity contribution < 1.29 is 9.59 Å². The molecule has 4 rings (SSSR count). The lowest BCUT2D eigenvalue weighted by Crippen LogP contribution is -2.40. The molecule has 8 heteroatoms. The highest BCUT2D eigenvalue weighted by atomic mass is 32.2. The average Bonchev–Trinajstić information content (AvgIpc) is 3.11. The van der Waals surface area contributed by atoms with Gasteiger partial charge in [-0.2, -0.15) is 0 Å². The van der Waals surface area contributed by atoms with Gasteiger partial charge in [0.15, 0.2) is 5.16 Å². The van der Waals surface area contributed by atoms with E-state index in [-0.39, 0.29) is 30.0 Å². The van der Waals surface area contributed by atoms with Crippen LogP contribution in [-0.4, -0.2) is 38.4 Å². The molecule has 1 unspecified atom stereocenters. The van der Waals surface area contributed by atoms with Crippen molar-refractivity contribution in [3.63, 3.8) is 0 Å². The van der Waals surface area contributed by atoms with Gasteiger partial charge in [-0.15, -0.1) is 10.2 Å². The van der Waals surface area contributed by atoms with E-state index in [4.69, 9.17) is 0 Å². The minimum absolute atomic E-state index is 0.0780. The molecule has 1 aromatic heterocycles. The Hall–Kier alpha value is -3.13. The topological polar surface area (TPSA) is 80.1 Å². The van der Waals surface area contributed by atoms with Crippen LogP contribution in [0.25, 0.3) is 5.69 Å². The number of hydrogen-bond donors (Lipinski definition) is 1. The molecule has 7 nitrogen and oxygen atoms in total. The Balaban J connectivity index is 1.56. The number of nitrogens with zero attached hydrogens (tertiary/aromatic N) is 4. The van der Waals surface area contributed by atoms with Gasteiger partial charge in [-0.3, -0.25) is 14.2 Å². The van der Waals surface area contributed by atoms with E-state index in [1.807, 2.05) is 66.9 Å². The van der Waals surface area contributed by atoms with Crippen molar-refractivity contribution in [2.75, 3.05) is 16.0 Å². The molecule has 2 heterocycles. The van der Waals surface area contributed by atoms with Crippen molar-refractivity contribution in [1.82, 2.24) is 14.8 Å². The van der Waals surface area contributed by atoms with Crippen LogP contribution < -0.4 is 10.2 Å². The number of para-hydroxylation sites is 3. The molecule has 1 aliphatic rings. The Kier molecular flexibility index (Phi) is 5.35. The molecule has 0 saturated carbocycles. The molecule has 0 spiro atoms. The number of carbonyl (C=O) groups excluding carboxylic acids is 2. The van der Waals surface area contributed by atoms with Crippen molar-refractivity contribution in [2.24, 2.45) is 0 Å². The third-order valence-electron chi connectivity index (χ3n) is 4.84. The number of nitrogens with one attached hydrogen (secondary N) is 1. The van der Waals surface area contributed by atoms with Gasteiger partial charge >= 0.3 is 0 Å². The Labute approximate surface area is 173 Å². The number of thioether (sulfide) groups is 1. The predicted molar refractivity (Wildman–Crippen MR) is 113 cm³/mol. The summed E-state index contributed by atoms with van der Waals surface area (Å²) in [6, 6.07) is 15.1. The standard InChI is InChI=1S/C21H21N5O2S/c1-14-7-3-5-9-17(14)25-13-22-24-21(25)29-12-20(28)26-15(2)11-19(27)23-16-8-4-6-10-18(16)26/h3-10,13,15H,11-12H2,1-2H3,(H,23,27). The van der Waals surface area contributed by atoms with E-state index in [1.54, 1.807) is 11.2 Å². The molecule has 0 fully saturated rings. The zero-order valence-corrected chi connectivity index (χ0v) is 17.0. The lowest BCUT2D eigenvalue weighted by Gasteiger charge is -2.27. The van der Waals surface area contributed by atoms with E-state index in [1.165, 1.54) is 11.8 Å². The summed E-state index contributed by atoms with van der Waals surface area (Å²) in [4.78, 5) is 27.0. The lowest BCUT2D eigenvalue weighted by molar-refractivity contribution is -0.117. The number of anilines is 2. The van der Waals surface area contributed by atoms with Crippen LogP contribution in [0.4, 0.5) is 11.4 Å². The molecule has 148 valence electrons. The number of aromatic nitrogens is 3. The van der Waals surface area contributed by atoms with E-state index in [2.05, 4.69) is 15.5 Å². The summed E-state index contributed by atoms with van der Waals surface area (Å²) in [6.07, 6.45) is 1.91. The highest BCUT2D eigenvalue weighted by molar-refractivity contribution is 7.99. The number of rotatable bonds is 4. The summed E-state index contributed by atoms with van der Waals surface area (Å²) in [7, 11) is 0. The van der Waals surface area contributed by atoms with E-state index >= 15 is 0 Å². The number of hydrogen-bond acceptors (Lipinski definition) is 5. The maximum absolute atomic E-state index is 13.1. The molecule has 0 aliphatic carbocycles. The fourth-order valence-electron chi connectivity index (χ4n) is 3.49. The first-order valence-electron chi connectivity index (χ1n) is 9.34. The van der Waals surface area contributed by atoms with Gasteiger partial charge in [0, 0.05) is 12.5 Å². The molecule has 0 saturated heterocycles. The van der Waals surface area contributed by atoms with Gasteiger partial charge in [-0.25, -0.2) is 0 Å². The lowest BCUT2D eigenvalue weighted by atomic mass is 10.2. The Morgan fingerprint density at radius 2 is 1.90 bits per heavy atom. The van der Waals surface area contributed by atoms with Gasteiger partial charge in [-0.05, 0) is 37.6 Å². The van der Waals surface area contributed by atoms with Gasteiger partial charge in [-0.1, -0.05) is 42.1 Å². The third kappa shape index (κ3) is 3.88. The summed E-state index contributed by atoms with van der Waals surface area (Å²) in [5, 5.41) is 11.7. The van der Waals surface area contributed by atoms with Gasteiger partial charge in [0.25, 0.3) is 0 Å². The van der Waals surface area contributed by atoms with Gasteiger partial charge in [0.1, 0.15) is 6.33 Å². The summed E-state index contributed by atoms with van der Waals surface area (Å²) in [5.74, 6) is 0.0234. The monoisotopic (exact) mass is 407 g/mol. The Morgan fingerprint density at radius 1 is 1.17 bits per heavy atom. The second-order valence-electron chi connectivity index (χ2n) is 6.94. The van der Waals surface area contributed by atoms with Gasteiger partial charge in [0.05, 0.1) is 22.8 Å². The molecule has 1 atom stereocenters. The minimum Gasteiger partial charge on any atom is -0.324 e. The van der Waals surface area contributed by atoms with Crippen molar-refractivity contribution in [3.8, 4) is 5.69 Å². The number of aryl methyl sites for hydroxylation is 1. The van der Waals surface area contributed by atoms with Crippen molar-refractivity contribution in [1.29, 1.82) is 0 Å². The van der Waals surface area contributed by atoms with Gasteiger partial charge < -0.3 is 10.2 Å². The van der Waals surface area contributed by atoms with Crippen LogP contribution in [-0.2, 0) is 9.59 Å². The van der Waals surface area contributed by atoms with Crippen LogP contribution >= 0.6 is 11.8 Å². The first kappa shape index (κ1) is 19.2. The first-order valence-corrected chi connectivity index (χ1v) is 10.3. The van der Waals surface area contributed by atoms with Crippen LogP contribution in [0.1, 0.15) is 18.9 Å². The minimum atomic E-state index is -0.235. The quantitative estimate of drug-likeness (QED) is 0.670. The van der Waals surface area contributed by atoms with E-state index in [0.717, 1.165) is 16.9 Å². The molecule has 0 radical (unpaired) electrons. The van der Waals surface area contributed by atoms with Crippen molar-refractivity contribution in [3.05, 3.63) is 60.4 Å². The number of amides is 2. The molecule has 29 heavy (non-hydrogen) atoms. The molecule has 2 amide bonds. The van der Waals surface area contributed by atoms with E-state index in [9.17, 15) is 9.59 Å². The molecule has 1 N–H and O–H groups in total. The smallest absolute Gasteiger partial charge is 0.237 e. The van der Waals surface area contributed by atoms with Gasteiger partial charge in [0.2, 0.25) is 11.8 Å². The zero-order chi connectivity index (χ0) is 20.4. The number of carbonyl (C=O) groups is 2. The van der Waals surface area contributed by atoms with E-state index < -0.39 is 0 Å². The Morgan fingerprint density at radius 3 is 2.69 bits per heavy atom. The number of benzene rings is 2. The second-order valence-corrected chi connectivity index (χ2v) is 7.88. The molecule has 1 aliphatic heterocycles. The SMILES string of the molecule is Cc1ccccc1-n1cnnc1SCC(=O)N1c2ccccc2NC(=O)CC1C. The van der Waals surface area contributed by atoms with Crippen molar-refractivity contribution >= 4 is 35.0 Å². The molecular weight excluding hydrogens is 386 g/mol. The number of fused-ring (bicyclic) bond motifs is 1. The second kappa shape index (κ2) is 8.08. The normalized spacial score (nSPS) is 16.1. The summed E-state index contributed by atoms with van der Waals surface area (Å²) in [5.41, 5.74) is 3.45. The fourth-order valence-corrected chi connectivity index (χ4v) is 4.27. The molecule has 0 bridgehead atoms. The predicted octanol–water partition coefficient (Wildman–Crippen LogP) is 3.43. The van der Waals surface area contributed by atoms with Crippen LogP contribution in [0, 0.1) is 6.92 Å². The van der Waals surface area contributed by atoms with E-state index in [0.29, 0.717) is 10.8 Å². The third-order valence-corrected chi connectivity index (χ3v) is 5.77. The maximum atomic E-state index is 13.1. The van der Waals surface area contributed by atoms with Crippen LogP contribution in [0.5, 0.6) is 0 Å². The first-order chi connectivity index (χ1) is 14.0. The highest BCUT2D eigenvalue weighted by Gasteiger charge is 2.29. The summed E-state index contributed by atoms with van der Waals surface area (Å²) >= 11 is 1.34. The summed E-state index contributed by atoms with van der Waals surface area (Å²) in [6.45, 7) is 3.91. The fraction of sp³-hybridized carbons (Fsp3) is 0.238. The largest absolute Gasteiger partial charge is 0.324 e. The Bertz CT molecular complexity index is 1060. The van der Waals surface area contributed by atoms with Crippen LogP contribution in [0.3, 0.4) is 0 Å². The molecular formula is C21H21N5O2S. The zero-order valence-electron chi connectivity index (χ0n) is 16.2. The highest BCUT2D eigenvalue weighted by Crippen LogP contribution is 2.32. The maximum Gasteiger partial charge on any atom is 0.237 e. The summed E-state index contributed by atoms with van der Waals surface area (Å²) < 4.78 is 1.89. The van der Waals surface area contributed by atoms with Crippen LogP contribution in [0.15, 0.2) is 60.0 Å².